The minimum atomic E-state index is -1.51. The zero-order valence-electron chi connectivity index (χ0n) is 12.0. The monoisotopic (exact) mass is 278 g/mol. The average molecular weight is 278 g/mol. The summed E-state index contributed by atoms with van der Waals surface area (Å²) < 4.78 is 5.50. The van der Waals surface area contributed by atoms with Gasteiger partial charge in [0.05, 0.1) is 0 Å². The molecule has 5 heteroatoms. The highest BCUT2D eigenvalue weighted by Crippen LogP contribution is 2.30. The third-order valence-electron chi connectivity index (χ3n) is 3.04. The van der Waals surface area contributed by atoms with Crippen LogP contribution < -0.4 is 0 Å². The zero-order chi connectivity index (χ0) is 14.4. The zero-order valence-corrected chi connectivity index (χ0v) is 13.0. The fraction of sp³-hybridized carbons (Fsp3) is 0.714. The van der Waals surface area contributed by atoms with Gasteiger partial charge < -0.3 is 10.3 Å². The van der Waals surface area contributed by atoms with Crippen LogP contribution in [0.2, 0.25) is 19.6 Å². The van der Waals surface area contributed by atoms with Crippen molar-refractivity contribution in [2.75, 3.05) is 0 Å². The highest BCUT2D eigenvalue weighted by atomic mass is 28.3. The van der Waals surface area contributed by atoms with E-state index in [2.05, 4.69) is 35.9 Å². The van der Waals surface area contributed by atoms with Gasteiger partial charge in [0.25, 0.3) is 0 Å². The van der Waals surface area contributed by atoms with Gasteiger partial charge in [-0.3, -0.25) is 0 Å². The second-order valence-electron chi connectivity index (χ2n) is 6.07. The molecule has 1 rings (SSSR count). The Balaban J connectivity index is 2.97. The standard InChI is InChI=1S/C14H22N2O2Si/c1-19(2,3)11-10-14(18-13(17)12-16-15)8-6-4-5-7-9-14/h12H,4-9H2,1-3H3. The molecule has 0 heterocycles. The lowest BCUT2D eigenvalue weighted by Crippen LogP contribution is -2.34. The Labute approximate surface area is 116 Å². The molecular weight excluding hydrogens is 256 g/mol. The molecule has 0 radical (unpaired) electrons. The first-order valence-electron chi connectivity index (χ1n) is 6.82. The number of hydrogen-bond donors (Lipinski definition) is 0. The minimum Gasteiger partial charge on any atom is -0.438 e. The Kier molecular flexibility index (Phi) is 5.53. The topological polar surface area (TPSA) is 62.7 Å². The van der Waals surface area contributed by atoms with Crippen LogP contribution in [0.5, 0.6) is 0 Å². The summed E-state index contributed by atoms with van der Waals surface area (Å²) in [4.78, 5) is 14.3. The SMILES string of the molecule is C[Si](C)(C)C#CC1(OC(=O)C=[N+]=[N-])CCCCCC1. The van der Waals surface area contributed by atoms with E-state index < -0.39 is 19.6 Å². The van der Waals surface area contributed by atoms with Crippen molar-refractivity contribution in [2.24, 2.45) is 0 Å². The lowest BCUT2D eigenvalue weighted by molar-refractivity contribution is -0.150. The van der Waals surface area contributed by atoms with Crippen LogP contribution in [0, 0.1) is 11.5 Å². The van der Waals surface area contributed by atoms with Crippen molar-refractivity contribution in [3.05, 3.63) is 5.53 Å². The molecule has 0 unspecified atom stereocenters. The van der Waals surface area contributed by atoms with Gasteiger partial charge in [0.2, 0.25) is 0 Å². The van der Waals surface area contributed by atoms with Crippen LogP contribution in [0.25, 0.3) is 5.53 Å². The fourth-order valence-electron chi connectivity index (χ4n) is 2.12. The van der Waals surface area contributed by atoms with Gasteiger partial charge in [-0.15, -0.1) is 5.54 Å². The summed E-state index contributed by atoms with van der Waals surface area (Å²) in [5.41, 5.74) is 11.0. The molecule has 0 amide bonds. The molecule has 104 valence electrons. The van der Waals surface area contributed by atoms with Gasteiger partial charge >= 0.3 is 12.2 Å². The van der Waals surface area contributed by atoms with E-state index in [1.807, 2.05) is 0 Å². The van der Waals surface area contributed by atoms with E-state index in [4.69, 9.17) is 10.3 Å². The molecule has 1 aliphatic rings. The molecule has 0 spiro atoms. The highest BCUT2D eigenvalue weighted by Gasteiger charge is 2.34. The third kappa shape index (κ3) is 5.87. The summed E-state index contributed by atoms with van der Waals surface area (Å²) in [5, 5.41) is 0. The lowest BCUT2D eigenvalue weighted by atomic mass is 9.95. The molecule has 0 saturated heterocycles. The smallest absolute Gasteiger partial charge is 0.415 e. The molecule has 0 N–H and O–H groups in total. The first-order valence-corrected chi connectivity index (χ1v) is 10.3. The second-order valence-corrected chi connectivity index (χ2v) is 10.8. The van der Waals surface area contributed by atoms with Crippen LogP contribution in [-0.2, 0) is 9.53 Å². The largest absolute Gasteiger partial charge is 0.438 e. The van der Waals surface area contributed by atoms with Crippen molar-refractivity contribution in [3.63, 3.8) is 0 Å². The maximum atomic E-state index is 11.6. The highest BCUT2D eigenvalue weighted by molar-refractivity contribution is 6.83. The predicted molar refractivity (Wildman–Crippen MR) is 77.3 cm³/mol. The summed E-state index contributed by atoms with van der Waals surface area (Å²) in [6.07, 6.45) is 6.69. The van der Waals surface area contributed by atoms with Crippen LogP contribution in [0.15, 0.2) is 0 Å². The first kappa shape index (κ1) is 15.7. The van der Waals surface area contributed by atoms with E-state index in [1.54, 1.807) is 0 Å². The first-order chi connectivity index (χ1) is 8.87. The number of ether oxygens (including phenoxy) is 1. The molecule has 1 saturated carbocycles. The van der Waals surface area contributed by atoms with Gasteiger partial charge in [-0.05, 0) is 25.7 Å². The molecule has 19 heavy (non-hydrogen) atoms. The van der Waals surface area contributed by atoms with Crippen LogP contribution in [0.4, 0.5) is 0 Å². The molecule has 1 aliphatic carbocycles. The van der Waals surface area contributed by atoms with Crippen molar-refractivity contribution < 1.29 is 14.3 Å². The van der Waals surface area contributed by atoms with Crippen molar-refractivity contribution >= 4 is 20.3 Å². The third-order valence-corrected chi connectivity index (χ3v) is 3.91. The number of hydrogen-bond acceptors (Lipinski definition) is 2. The van der Waals surface area contributed by atoms with Crippen LogP contribution in [0.3, 0.4) is 0 Å². The Bertz CT molecular complexity index is 429. The number of carbonyl (C=O) groups excluding carboxylic acids is 1. The summed E-state index contributed by atoms with van der Waals surface area (Å²) in [6, 6.07) is 0. The summed E-state index contributed by atoms with van der Waals surface area (Å²) in [7, 11) is -1.51. The van der Waals surface area contributed by atoms with Crippen LogP contribution >= 0.6 is 0 Å². The van der Waals surface area contributed by atoms with Gasteiger partial charge in [0.15, 0.2) is 5.60 Å². The van der Waals surface area contributed by atoms with Crippen molar-refractivity contribution in [1.29, 1.82) is 0 Å². The van der Waals surface area contributed by atoms with Crippen molar-refractivity contribution in [1.82, 2.24) is 0 Å². The lowest BCUT2D eigenvalue weighted by Gasteiger charge is -2.26. The summed E-state index contributed by atoms with van der Waals surface area (Å²) in [6.45, 7) is 6.50. The number of carbonyl (C=O) groups is 1. The molecule has 0 aromatic carbocycles. The van der Waals surface area contributed by atoms with Crippen molar-refractivity contribution in [3.8, 4) is 11.5 Å². The predicted octanol–water partition coefficient (Wildman–Crippen LogP) is 2.80. The molecule has 1 fully saturated rings. The quantitative estimate of drug-likeness (QED) is 0.148. The number of esters is 1. The molecule has 0 aromatic rings. The second kappa shape index (κ2) is 6.69. The van der Waals surface area contributed by atoms with E-state index in [0.717, 1.165) is 44.7 Å². The van der Waals surface area contributed by atoms with E-state index >= 15 is 0 Å². The van der Waals surface area contributed by atoms with Gasteiger partial charge in [-0.2, -0.15) is 4.79 Å². The Hall–Kier alpha value is -1.37. The van der Waals surface area contributed by atoms with Gasteiger partial charge in [-0.25, -0.2) is 4.79 Å². The van der Waals surface area contributed by atoms with Gasteiger partial charge in [-0.1, -0.05) is 38.4 Å². The average Bonchev–Trinajstić information content (AvgIpc) is 2.52. The van der Waals surface area contributed by atoms with E-state index in [1.165, 1.54) is 0 Å². The Morgan fingerprint density at radius 3 is 2.32 bits per heavy atom. The Morgan fingerprint density at radius 2 is 1.84 bits per heavy atom. The fourth-order valence-corrected chi connectivity index (χ4v) is 2.72. The summed E-state index contributed by atoms with van der Waals surface area (Å²) in [5.74, 6) is 2.61. The molecule has 4 nitrogen and oxygen atoms in total. The van der Waals surface area contributed by atoms with Crippen molar-refractivity contribution in [2.45, 2.75) is 63.8 Å². The van der Waals surface area contributed by atoms with Crippen LogP contribution in [-0.4, -0.2) is 30.6 Å². The Morgan fingerprint density at radius 1 is 1.26 bits per heavy atom. The molecule has 0 bridgehead atoms. The van der Waals surface area contributed by atoms with E-state index in [-0.39, 0.29) is 0 Å². The number of nitrogens with zero attached hydrogens (tertiary/aromatic N) is 2. The number of rotatable bonds is 2. The minimum absolute atomic E-state index is 0.616. The molecule has 0 aliphatic heterocycles. The van der Waals surface area contributed by atoms with E-state index in [9.17, 15) is 4.79 Å². The van der Waals surface area contributed by atoms with Crippen LogP contribution in [0.1, 0.15) is 38.5 Å². The summed E-state index contributed by atoms with van der Waals surface area (Å²) >= 11 is 0. The van der Waals surface area contributed by atoms with Gasteiger partial charge in [0, 0.05) is 0 Å². The maximum Gasteiger partial charge on any atom is 0.415 e. The van der Waals surface area contributed by atoms with E-state index in [0.29, 0.717) is 0 Å². The molecule has 0 aromatic heterocycles. The maximum absolute atomic E-state index is 11.6. The van der Waals surface area contributed by atoms with Gasteiger partial charge in [0.1, 0.15) is 8.07 Å². The molecular formula is C14H22N2O2Si. The molecule has 0 atom stereocenters. The normalized spacial score (nSPS) is 18.3.